The van der Waals surface area contributed by atoms with Crippen molar-refractivity contribution in [3.05, 3.63) is 121 Å². The maximum atomic E-state index is 2.45. The second-order valence-electron chi connectivity index (χ2n) is 8.57. The van der Waals surface area contributed by atoms with Crippen molar-refractivity contribution in [1.82, 2.24) is 0 Å². The third-order valence-corrected chi connectivity index (χ3v) is 6.86. The SMILES string of the molecule is c1ccc(-c2cc3c4c(c2)N(c2ccccc2)c2ccccc2B4c2ccccc2-3)cc1. The summed E-state index contributed by atoms with van der Waals surface area (Å²) in [6.45, 7) is 0.275. The van der Waals surface area contributed by atoms with Crippen molar-refractivity contribution in [2.75, 3.05) is 4.90 Å². The Morgan fingerprint density at radius 1 is 0.469 bits per heavy atom. The molecule has 0 bridgehead atoms. The van der Waals surface area contributed by atoms with E-state index >= 15 is 0 Å². The first kappa shape index (κ1) is 17.6. The molecule has 0 aliphatic carbocycles. The average Bonchev–Trinajstić information content (AvgIpc) is 3.21. The number of anilines is 3. The van der Waals surface area contributed by atoms with Gasteiger partial charge in [-0.3, -0.25) is 0 Å². The maximum absolute atomic E-state index is 2.45. The summed E-state index contributed by atoms with van der Waals surface area (Å²) >= 11 is 0. The summed E-state index contributed by atoms with van der Waals surface area (Å²) in [5.74, 6) is 0. The highest BCUT2D eigenvalue weighted by Crippen LogP contribution is 2.42. The Labute approximate surface area is 188 Å². The summed E-state index contributed by atoms with van der Waals surface area (Å²) in [5.41, 5.74) is 13.2. The molecule has 2 heteroatoms. The van der Waals surface area contributed by atoms with E-state index in [1.54, 1.807) is 0 Å². The second-order valence-corrected chi connectivity index (χ2v) is 8.57. The van der Waals surface area contributed by atoms with E-state index in [-0.39, 0.29) is 6.71 Å². The largest absolute Gasteiger partial charge is 0.311 e. The van der Waals surface area contributed by atoms with Gasteiger partial charge in [-0.05, 0) is 63.5 Å². The molecule has 7 rings (SSSR count). The normalized spacial score (nSPS) is 12.9. The van der Waals surface area contributed by atoms with Gasteiger partial charge in [-0.15, -0.1) is 0 Å². The summed E-state index contributed by atoms with van der Waals surface area (Å²) in [4.78, 5) is 2.45. The Bertz CT molecular complexity index is 1470. The summed E-state index contributed by atoms with van der Waals surface area (Å²) in [5, 5.41) is 0. The Morgan fingerprint density at radius 2 is 1.12 bits per heavy atom. The van der Waals surface area contributed by atoms with E-state index in [0.29, 0.717) is 0 Å². The van der Waals surface area contributed by atoms with Crippen LogP contribution < -0.4 is 21.3 Å². The maximum Gasteiger partial charge on any atom is 0.248 e. The lowest BCUT2D eigenvalue weighted by Crippen LogP contribution is -2.54. The molecule has 148 valence electrons. The van der Waals surface area contributed by atoms with E-state index in [1.165, 1.54) is 55.7 Å². The van der Waals surface area contributed by atoms with Crippen molar-refractivity contribution in [3.63, 3.8) is 0 Å². The van der Waals surface area contributed by atoms with Gasteiger partial charge in [0.1, 0.15) is 0 Å². The molecular weight excluding hydrogens is 385 g/mol. The van der Waals surface area contributed by atoms with Crippen LogP contribution in [0.1, 0.15) is 0 Å². The zero-order valence-electron chi connectivity index (χ0n) is 17.6. The first-order chi connectivity index (χ1) is 15.9. The van der Waals surface area contributed by atoms with E-state index in [9.17, 15) is 0 Å². The van der Waals surface area contributed by atoms with Crippen molar-refractivity contribution in [3.8, 4) is 22.3 Å². The minimum absolute atomic E-state index is 0.275. The molecule has 0 atom stereocenters. The third kappa shape index (κ3) is 2.41. The molecular formula is C30H20BN. The van der Waals surface area contributed by atoms with Crippen LogP contribution in [-0.4, -0.2) is 6.71 Å². The number of fused-ring (bicyclic) bond motifs is 5. The summed E-state index contributed by atoms with van der Waals surface area (Å²) < 4.78 is 0. The zero-order chi connectivity index (χ0) is 21.1. The van der Waals surface area contributed by atoms with Gasteiger partial charge < -0.3 is 4.90 Å². The Hall–Kier alpha value is -4.04. The lowest BCUT2D eigenvalue weighted by atomic mass is 9.37. The summed E-state index contributed by atoms with van der Waals surface area (Å²) in [7, 11) is 0. The molecule has 1 nitrogen and oxygen atoms in total. The highest BCUT2D eigenvalue weighted by atomic mass is 15.1. The summed E-state index contributed by atoms with van der Waals surface area (Å²) in [6, 6.07) is 44.1. The van der Waals surface area contributed by atoms with Crippen LogP contribution >= 0.6 is 0 Å². The minimum atomic E-state index is 0.275. The number of hydrogen-bond acceptors (Lipinski definition) is 1. The monoisotopic (exact) mass is 405 g/mol. The average molecular weight is 405 g/mol. The molecule has 2 aliphatic rings. The van der Waals surface area contributed by atoms with Gasteiger partial charge in [-0.1, -0.05) is 96.5 Å². The van der Waals surface area contributed by atoms with Gasteiger partial charge in [0, 0.05) is 17.1 Å². The van der Waals surface area contributed by atoms with Gasteiger partial charge in [0.15, 0.2) is 0 Å². The number of rotatable bonds is 2. The van der Waals surface area contributed by atoms with Crippen LogP contribution in [0, 0.1) is 0 Å². The quantitative estimate of drug-likeness (QED) is 0.337. The van der Waals surface area contributed by atoms with Crippen molar-refractivity contribution < 1.29 is 0 Å². The van der Waals surface area contributed by atoms with Gasteiger partial charge in [0.25, 0.3) is 0 Å². The van der Waals surface area contributed by atoms with Crippen LogP contribution in [0.4, 0.5) is 17.1 Å². The number of nitrogens with zero attached hydrogens (tertiary/aromatic N) is 1. The fourth-order valence-electron chi connectivity index (χ4n) is 5.54. The Kier molecular flexibility index (Phi) is 3.71. The highest BCUT2D eigenvalue weighted by Gasteiger charge is 2.42. The van der Waals surface area contributed by atoms with E-state index in [2.05, 4.69) is 126 Å². The van der Waals surface area contributed by atoms with Crippen LogP contribution in [0.5, 0.6) is 0 Å². The van der Waals surface area contributed by atoms with Crippen LogP contribution in [0.25, 0.3) is 22.3 Å². The molecule has 0 saturated heterocycles. The van der Waals surface area contributed by atoms with E-state index in [4.69, 9.17) is 0 Å². The molecule has 0 spiro atoms. The van der Waals surface area contributed by atoms with Gasteiger partial charge in [-0.25, -0.2) is 0 Å². The van der Waals surface area contributed by atoms with Crippen LogP contribution in [-0.2, 0) is 0 Å². The molecule has 0 aromatic heterocycles. The van der Waals surface area contributed by atoms with Gasteiger partial charge in [0.2, 0.25) is 6.71 Å². The smallest absolute Gasteiger partial charge is 0.248 e. The number of para-hydroxylation sites is 2. The Balaban J connectivity index is 1.60. The van der Waals surface area contributed by atoms with Crippen LogP contribution in [0.15, 0.2) is 121 Å². The minimum Gasteiger partial charge on any atom is -0.311 e. The zero-order valence-corrected chi connectivity index (χ0v) is 17.6. The fourth-order valence-corrected chi connectivity index (χ4v) is 5.54. The van der Waals surface area contributed by atoms with Crippen molar-refractivity contribution >= 4 is 40.2 Å². The molecule has 0 unspecified atom stereocenters. The van der Waals surface area contributed by atoms with Crippen molar-refractivity contribution in [2.45, 2.75) is 0 Å². The first-order valence-corrected chi connectivity index (χ1v) is 11.2. The molecule has 0 radical (unpaired) electrons. The number of benzene rings is 5. The van der Waals surface area contributed by atoms with Crippen molar-refractivity contribution in [2.24, 2.45) is 0 Å². The van der Waals surface area contributed by atoms with Crippen LogP contribution in [0.2, 0.25) is 0 Å². The lowest BCUT2D eigenvalue weighted by Gasteiger charge is -2.36. The second kappa shape index (κ2) is 6.73. The molecule has 0 N–H and O–H groups in total. The molecule has 0 saturated carbocycles. The predicted molar refractivity (Wildman–Crippen MR) is 137 cm³/mol. The van der Waals surface area contributed by atoms with E-state index in [1.807, 2.05) is 0 Å². The van der Waals surface area contributed by atoms with Crippen molar-refractivity contribution in [1.29, 1.82) is 0 Å². The van der Waals surface area contributed by atoms with Gasteiger partial charge in [-0.2, -0.15) is 0 Å². The molecule has 5 aromatic carbocycles. The molecule has 32 heavy (non-hydrogen) atoms. The first-order valence-electron chi connectivity index (χ1n) is 11.2. The lowest BCUT2D eigenvalue weighted by molar-refractivity contribution is 1.30. The van der Waals surface area contributed by atoms with E-state index in [0.717, 1.165) is 0 Å². The van der Waals surface area contributed by atoms with E-state index < -0.39 is 0 Å². The third-order valence-electron chi connectivity index (χ3n) is 6.86. The Morgan fingerprint density at radius 3 is 1.94 bits per heavy atom. The predicted octanol–water partition coefficient (Wildman–Crippen LogP) is 5.63. The fraction of sp³-hybridized carbons (Fsp3) is 0. The standard InChI is InChI=1S/C30H20BN/c1-3-11-21(12-4-1)22-19-25-24-15-7-8-16-26(24)31-27-17-9-10-18-28(27)32(29(20-22)30(25)31)23-13-5-2-6-14-23/h1-20H. The van der Waals surface area contributed by atoms with Gasteiger partial charge in [0.05, 0.1) is 0 Å². The van der Waals surface area contributed by atoms with Crippen LogP contribution in [0.3, 0.4) is 0 Å². The molecule has 5 aromatic rings. The molecule has 0 fully saturated rings. The molecule has 2 aliphatic heterocycles. The topological polar surface area (TPSA) is 3.24 Å². The molecule has 2 heterocycles. The number of hydrogen-bond donors (Lipinski definition) is 0. The summed E-state index contributed by atoms with van der Waals surface area (Å²) in [6.07, 6.45) is 0. The van der Waals surface area contributed by atoms with Gasteiger partial charge >= 0.3 is 0 Å². The highest BCUT2D eigenvalue weighted by molar-refractivity contribution is 7.01. The molecule has 0 amide bonds.